The second-order valence-electron chi connectivity index (χ2n) is 7.52. The zero-order valence-corrected chi connectivity index (χ0v) is 16.7. The molecule has 0 atom stereocenters. The van der Waals surface area contributed by atoms with Crippen molar-refractivity contribution in [3.8, 4) is 5.75 Å². The third-order valence-corrected chi connectivity index (χ3v) is 5.49. The maximum atomic E-state index is 12.6. The molecule has 30 heavy (non-hydrogen) atoms. The number of nitrogens with zero attached hydrogens (tertiary/aromatic N) is 1. The van der Waals surface area contributed by atoms with Crippen LogP contribution in [0.2, 0.25) is 0 Å². The van der Waals surface area contributed by atoms with Gasteiger partial charge in [-0.25, -0.2) is 10.2 Å². The third-order valence-electron chi connectivity index (χ3n) is 5.49. The summed E-state index contributed by atoms with van der Waals surface area (Å²) in [5.74, 6) is -0.0576. The van der Waals surface area contributed by atoms with Crippen molar-refractivity contribution >= 4 is 28.9 Å². The summed E-state index contributed by atoms with van der Waals surface area (Å²) in [6, 6.07) is 20.3. The van der Waals surface area contributed by atoms with Crippen molar-refractivity contribution in [2.45, 2.75) is 32.1 Å². The number of amides is 1. The van der Waals surface area contributed by atoms with Gasteiger partial charge in [-0.2, -0.15) is 5.10 Å². The molecule has 1 aliphatic rings. The largest absolute Gasteiger partial charge is 0.422 e. The van der Waals surface area contributed by atoms with E-state index in [1.54, 1.807) is 36.5 Å². The van der Waals surface area contributed by atoms with E-state index in [4.69, 9.17) is 4.74 Å². The van der Waals surface area contributed by atoms with Crippen LogP contribution in [0.25, 0.3) is 10.8 Å². The van der Waals surface area contributed by atoms with E-state index in [0.717, 1.165) is 36.5 Å². The number of hydrogen-bond donors (Lipinski definition) is 1. The minimum absolute atomic E-state index is 0.0267. The molecule has 152 valence electrons. The number of hydrogen-bond acceptors (Lipinski definition) is 4. The first-order valence-corrected chi connectivity index (χ1v) is 10.3. The van der Waals surface area contributed by atoms with Crippen molar-refractivity contribution in [2.24, 2.45) is 11.0 Å². The van der Waals surface area contributed by atoms with Crippen LogP contribution in [-0.4, -0.2) is 18.1 Å². The van der Waals surface area contributed by atoms with Gasteiger partial charge in [0, 0.05) is 11.5 Å². The first kappa shape index (κ1) is 19.8. The summed E-state index contributed by atoms with van der Waals surface area (Å²) in [6.45, 7) is 0. The summed E-state index contributed by atoms with van der Waals surface area (Å²) in [5.41, 5.74) is 3.79. The highest BCUT2D eigenvalue weighted by atomic mass is 16.5. The molecule has 3 aromatic rings. The Morgan fingerprint density at radius 2 is 1.63 bits per heavy atom. The molecule has 1 N–H and O–H groups in total. The average molecular weight is 400 g/mol. The Labute approximate surface area is 175 Å². The highest BCUT2D eigenvalue weighted by Crippen LogP contribution is 2.28. The second-order valence-corrected chi connectivity index (χ2v) is 7.52. The SMILES string of the molecule is O=C(Oc1ccc2ccccc2c1/C=N/NC(=O)C1CCCCC1)c1ccccc1. The minimum atomic E-state index is -0.438. The summed E-state index contributed by atoms with van der Waals surface area (Å²) >= 11 is 0. The zero-order valence-electron chi connectivity index (χ0n) is 16.7. The Morgan fingerprint density at radius 1 is 0.900 bits per heavy atom. The monoisotopic (exact) mass is 400 g/mol. The first-order chi connectivity index (χ1) is 14.7. The predicted molar refractivity (Wildman–Crippen MR) is 118 cm³/mol. The lowest BCUT2D eigenvalue weighted by molar-refractivity contribution is -0.125. The number of nitrogens with one attached hydrogen (secondary N) is 1. The molecule has 1 saturated carbocycles. The molecule has 1 aliphatic carbocycles. The summed E-state index contributed by atoms with van der Waals surface area (Å²) in [4.78, 5) is 24.9. The molecule has 1 amide bonds. The van der Waals surface area contributed by atoms with Crippen LogP contribution in [0.5, 0.6) is 5.75 Å². The van der Waals surface area contributed by atoms with Crippen molar-refractivity contribution in [3.63, 3.8) is 0 Å². The molecular weight excluding hydrogens is 376 g/mol. The Kier molecular flexibility index (Phi) is 6.18. The highest BCUT2D eigenvalue weighted by Gasteiger charge is 2.20. The molecular formula is C25H24N2O3. The van der Waals surface area contributed by atoms with Gasteiger partial charge in [0.2, 0.25) is 5.91 Å². The fourth-order valence-corrected chi connectivity index (χ4v) is 3.85. The van der Waals surface area contributed by atoms with Crippen molar-refractivity contribution in [2.75, 3.05) is 0 Å². The number of ether oxygens (including phenoxy) is 1. The number of esters is 1. The molecule has 0 saturated heterocycles. The minimum Gasteiger partial charge on any atom is -0.422 e. The summed E-state index contributed by atoms with van der Waals surface area (Å²) in [5, 5.41) is 6.08. The van der Waals surface area contributed by atoms with Crippen LogP contribution in [0, 0.1) is 5.92 Å². The number of hydrazone groups is 1. The lowest BCUT2D eigenvalue weighted by Gasteiger charge is -2.19. The molecule has 3 aromatic carbocycles. The quantitative estimate of drug-likeness (QED) is 0.281. The van der Waals surface area contributed by atoms with E-state index in [1.807, 2.05) is 36.4 Å². The van der Waals surface area contributed by atoms with Gasteiger partial charge in [-0.15, -0.1) is 0 Å². The van der Waals surface area contributed by atoms with E-state index >= 15 is 0 Å². The Hall–Kier alpha value is -3.47. The van der Waals surface area contributed by atoms with Crippen LogP contribution in [0.3, 0.4) is 0 Å². The Bertz CT molecular complexity index is 1070. The van der Waals surface area contributed by atoms with Crippen molar-refractivity contribution in [3.05, 3.63) is 77.9 Å². The molecule has 0 spiro atoms. The maximum Gasteiger partial charge on any atom is 0.343 e. The molecule has 4 rings (SSSR count). The van der Waals surface area contributed by atoms with E-state index in [0.29, 0.717) is 16.9 Å². The molecule has 0 unspecified atom stereocenters. The summed E-state index contributed by atoms with van der Waals surface area (Å²) in [6.07, 6.45) is 6.76. The number of fused-ring (bicyclic) bond motifs is 1. The van der Waals surface area contributed by atoms with Gasteiger partial charge in [-0.05, 0) is 41.8 Å². The molecule has 0 bridgehead atoms. The molecule has 0 aromatic heterocycles. The number of carbonyl (C=O) groups excluding carboxylic acids is 2. The van der Waals surface area contributed by atoms with Crippen molar-refractivity contribution in [1.29, 1.82) is 0 Å². The number of carbonyl (C=O) groups is 2. The molecule has 5 heteroatoms. The average Bonchev–Trinajstić information content (AvgIpc) is 2.81. The van der Waals surface area contributed by atoms with Gasteiger partial charge < -0.3 is 4.74 Å². The summed E-state index contributed by atoms with van der Waals surface area (Å²) in [7, 11) is 0. The molecule has 0 heterocycles. The Morgan fingerprint density at radius 3 is 2.43 bits per heavy atom. The van der Waals surface area contributed by atoms with Crippen LogP contribution < -0.4 is 10.2 Å². The number of rotatable bonds is 5. The van der Waals surface area contributed by atoms with Crippen LogP contribution in [0.1, 0.15) is 48.0 Å². The molecule has 0 radical (unpaired) electrons. The van der Waals surface area contributed by atoms with Crippen molar-refractivity contribution < 1.29 is 14.3 Å². The standard InChI is InChI=1S/C25H24N2O3/c28-24(19-10-3-1-4-11-19)27-26-17-22-21-14-8-7-9-18(21)15-16-23(22)30-25(29)20-12-5-2-6-13-20/h2,5-9,12-17,19H,1,3-4,10-11H2,(H,27,28)/b26-17+. The van der Waals surface area contributed by atoms with Gasteiger partial charge in [0.15, 0.2) is 0 Å². The van der Waals surface area contributed by atoms with Gasteiger partial charge in [-0.3, -0.25) is 4.79 Å². The summed E-state index contributed by atoms with van der Waals surface area (Å²) < 4.78 is 5.67. The smallest absolute Gasteiger partial charge is 0.343 e. The lowest BCUT2D eigenvalue weighted by atomic mass is 9.89. The first-order valence-electron chi connectivity index (χ1n) is 10.3. The molecule has 1 fully saturated rings. The third kappa shape index (κ3) is 4.57. The van der Waals surface area contributed by atoms with E-state index in [1.165, 1.54) is 6.42 Å². The number of benzene rings is 3. The van der Waals surface area contributed by atoms with E-state index in [2.05, 4.69) is 10.5 Å². The van der Waals surface area contributed by atoms with Crippen LogP contribution >= 0.6 is 0 Å². The Balaban J connectivity index is 1.59. The van der Waals surface area contributed by atoms with Gasteiger partial charge in [0.1, 0.15) is 5.75 Å². The topological polar surface area (TPSA) is 67.8 Å². The normalized spacial score (nSPS) is 14.7. The fraction of sp³-hybridized carbons (Fsp3) is 0.240. The van der Waals surface area contributed by atoms with E-state index in [-0.39, 0.29) is 11.8 Å². The maximum absolute atomic E-state index is 12.6. The lowest BCUT2D eigenvalue weighted by Crippen LogP contribution is -2.28. The fourth-order valence-electron chi connectivity index (χ4n) is 3.85. The van der Waals surface area contributed by atoms with E-state index in [9.17, 15) is 9.59 Å². The van der Waals surface area contributed by atoms with Gasteiger partial charge in [0.05, 0.1) is 11.8 Å². The molecule has 0 aliphatic heterocycles. The van der Waals surface area contributed by atoms with Crippen LogP contribution in [0.15, 0.2) is 71.8 Å². The van der Waals surface area contributed by atoms with Gasteiger partial charge in [0.25, 0.3) is 0 Å². The van der Waals surface area contributed by atoms with Crippen molar-refractivity contribution in [1.82, 2.24) is 5.43 Å². The zero-order chi connectivity index (χ0) is 20.8. The van der Waals surface area contributed by atoms with Gasteiger partial charge in [-0.1, -0.05) is 67.8 Å². The van der Waals surface area contributed by atoms with E-state index < -0.39 is 5.97 Å². The second kappa shape index (κ2) is 9.35. The van der Waals surface area contributed by atoms with Crippen LogP contribution in [0.4, 0.5) is 0 Å². The van der Waals surface area contributed by atoms with Crippen LogP contribution in [-0.2, 0) is 4.79 Å². The van der Waals surface area contributed by atoms with Gasteiger partial charge >= 0.3 is 5.97 Å². The predicted octanol–water partition coefficient (Wildman–Crippen LogP) is 5.09. The molecule has 5 nitrogen and oxygen atoms in total. The highest BCUT2D eigenvalue weighted by molar-refractivity contribution is 6.04.